The van der Waals surface area contributed by atoms with E-state index in [-0.39, 0.29) is 41.2 Å². The Hall–Kier alpha value is -1.83. The summed E-state index contributed by atoms with van der Waals surface area (Å²) in [6.45, 7) is 36.6. The van der Waals surface area contributed by atoms with Crippen LogP contribution in [0.1, 0.15) is 87.5 Å². The van der Waals surface area contributed by atoms with E-state index in [1.807, 2.05) is 19.1 Å². The first-order valence-electron chi connectivity index (χ1n) is 21.0. The minimum atomic E-state index is -2.10. The first kappa shape index (κ1) is 49.3. The molecule has 2 rings (SSSR count). The van der Waals surface area contributed by atoms with Crippen molar-refractivity contribution in [1.29, 1.82) is 0 Å². The highest BCUT2D eigenvalue weighted by molar-refractivity contribution is 6.76. The molecule has 55 heavy (non-hydrogen) atoms. The van der Waals surface area contributed by atoms with Crippen molar-refractivity contribution in [1.82, 2.24) is 0 Å². The van der Waals surface area contributed by atoms with Crippen LogP contribution in [0.5, 0.6) is 0 Å². The minimum absolute atomic E-state index is 0.00926. The summed E-state index contributed by atoms with van der Waals surface area (Å²) in [4.78, 5) is 24.9. The molecule has 0 radical (unpaired) electrons. The lowest BCUT2D eigenvalue weighted by Crippen LogP contribution is -2.51. The molecule has 314 valence electrons. The number of carbonyl (C=O) groups excluding carboxylic acids is 2. The van der Waals surface area contributed by atoms with Gasteiger partial charge in [0.2, 0.25) is 0 Å². The number of allylic oxidation sites excluding steroid dienone is 4. The van der Waals surface area contributed by atoms with Crippen LogP contribution in [0.3, 0.4) is 0 Å². The molecular weight excluding hydrogens is 737 g/mol. The molecule has 2 aliphatic rings. The standard InChI is InChI=1S/C45H80O7Si3/c1-34(18-23-41(52-55(15,16)44(6,7)8)36(3)20-24-42(46)48-29-31-53(9,10)11)17-21-39-37(4)25-27-45(50-39)28-26-38(5)40(51-45)22-19-35(2)33-43(47)49-30-32-54(12,13)14/h17-20,22-24,33,36-41H,21,25-32H2,1-16H3/b22-19+,23-18+,24-20+,34-17+,35-33+/t36-,37-,38+,39+,40+,41-,45-/m0/s1. The molecule has 10 heteroatoms. The van der Waals surface area contributed by atoms with E-state index in [1.165, 1.54) is 0 Å². The monoisotopic (exact) mass is 817 g/mol. The predicted octanol–water partition coefficient (Wildman–Crippen LogP) is 12.1. The molecule has 2 aliphatic heterocycles. The van der Waals surface area contributed by atoms with E-state index in [2.05, 4.69) is 125 Å². The second kappa shape index (κ2) is 21.3. The van der Waals surface area contributed by atoms with Gasteiger partial charge < -0.3 is 23.4 Å². The molecular formula is C45H80O7Si3. The Labute approximate surface area is 339 Å². The van der Waals surface area contributed by atoms with E-state index in [9.17, 15) is 9.59 Å². The topological polar surface area (TPSA) is 80.3 Å². The predicted molar refractivity (Wildman–Crippen MR) is 238 cm³/mol. The van der Waals surface area contributed by atoms with Gasteiger partial charge in [-0.05, 0) is 80.7 Å². The van der Waals surface area contributed by atoms with E-state index < -0.39 is 30.3 Å². The average molecular weight is 817 g/mol. The van der Waals surface area contributed by atoms with Gasteiger partial charge in [0.1, 0.15) is 0 Å². The van der Waals surface area contributed by atoms with Gasteiger partial charge in [-0.1, -0.05) is 123 Å². The van der Waals surface area contributed by atoms with Crippen molar-refractivity contribution in [3.8, 4) is 0 Å². The molecule has 7 nitrogen and oxygen atoms in total. The zero-order chi connectivity index (χ0) is 41.8. The van der Waals surface area contributed by atoms with Gasteiger partial charge in [-0.3, -0.25) is 0 Å². The molecule has 2 heterocycles. The maximum Gasteiger partial charge on any atom is 0.330 e. The highest BCUT2D eigenvalue weighted by atomic mass is 28.4. The zero-order valence-corrected chi connectivity index (χ0v) is 40.8. The van der Waals surface area contributed by atoms with Crippen molar-refractivity contribution in [3.63, 3.8) is 0 Å². The van der Waals surface area contributed by atoms with Crippen LogP contribution in [0.25, 0.3) is 0 Å². The second-order valence-electron chi connectivity index (χ2n) is 20.5. The molecule has 0 aromatic heterocycles. The summed E-state index contributed by atoms with van der Waals surface area (Å²) in [5.74, 6) is -0.403. The van der Waals surface area contributed by atoms with Crippen molar-refractivity contribution >= 4 is 36.4 Å². The van der Waals surface area contributed by atoms with Crippen LogP contribution in [-0.4, -0.2) is 73.7 Å². The molecule has 0 aromatic rings. The van der Waals surface area contributed by atoms with E-state index in [0.717, 1.165) is 55.3 Å². The third-order valence-electron chi connectivity index (χ3n) is 11.5. The van der Waals surface area contributed by atoms with E-state index in [1.54, 1.807) is 12.2 Å². The van der Waals surface area contributed by atoms with Gasteiger partial charge >= 0.3 is 11.9 Å². The lowest BCUT2D eigenvalue weighted by Gasteiger charge is -2.49. The fourth-order valence-corrected chi connectivity index (χ4v) is 8.94. The van der Waals surface area contributed by atoms with Crippen LogP contribution in [0.4, 0.5) is 0 Å². The molecule has 0 aliphatic carbocycles. The molecule has 2 saturated heterocycles. The molecule has 1 spiro atoms. The summed E-state index contributed by atoms with van der Waals surface area (Å²) in [6.07, 6.45) is 20.2. The van der Waals surface area contributed by atoms with E-state index >= 15 is 0 Å². The molecule has 0 amide bonds. The Morgan fingerprint density at radius 1 is 0.782 bits per heavy atom. The number of rotatable bonds is 18. The number of ether oxygens (including phenoxy) is 4. The zero-order valence-electron chi connectivity index (χ0n) is 37.8. The Morgan fingerprint density at radius 3 is 1.91 bits per heavy atom. The third-order valence-corrected chi connectivity index (χ3v) is 19.4. The SMILES string of the molecule is CC(/C=C/[C@H](O[Si](C)(C)C(C)(C)C)[C@@H](C)/C=C/C(=O)OCC[Si](C)(C)C)=C\C[C@H]1O[C@@]2(CC[C@@H](C)[C@@H](/C=C/C(C)=C/C(=O)OCC[Si](C)(C)C)O2)CC[C@@H]1C. The largest absolute Gasteiger partial charge is 0.463 e. The fraction of sp³-hybridized carbons (Fsp3) is 0.733. The third kappa shape index (κ3) is 18.5. The van der Waals surface area contributed by atoms with Crippen LogP contribution in [0, 0.1) is 17.8 Å². The first-order chi connectivity index (χ1) is 25.2. The van der Waals surface area contributed by atoms with Crippen LogP contribution >= 0.6 is 0 Å². The quantitative estimate of drug-likeness (QED) is 0.0590. The molecule has 0 unspecified atom stereocenters. The lowest BCUT2D eigenvalue weighted by molar-refractivity contribution is -0.323. The molecule has 7 atom stereocenters. The fourth-order valence-electron chi connectivity index (χ4n) is 6.18. The summed E-state index contributed by atoms with van der Waals surface area (Å²) >= 11 is 0. The first-order valence-corrected chi connectivity index (χ1v) is 31.3. The summed E-state index contributed by atoms with van der Waals surface area (Å²) in [5.41, 5.74) is 2.01. The van der Waals surface area contributed by atoms with Crippen molar-refractivity contribution in [2.45, 2.75) is 181 Å². The molecule has 0 N–H and O–H groups in total. The Morgan fingerprint density at radius 2 is 1.35 bits per heavy atom. The average Bonchev–Trinajstić information content (AvgIpc) is 3.04. The Balaban J connectivity index is 2.12. The smallest absolute Gasteiger partial charge is 0.330 e. The van der Waals surface area contributed by atoms with Crippen molar-refractivity contribution in [2.24, 2.45) is 17.8 Å². The van der Waals surface area contributed by atoms with Gasteiger partial charge in [0, 0.05) is 47.1 Å². The van der Waals surface area contributed by atoms with Crippen LogP contribution in [0.2, 0.25) is 69.5 Å². The Kier molecular flexibility index (Phi) is 19.1. The van der Waals surface area contributed by atoms with Gasteiger partial charge in [-0.15, -0.1) is 0 Å². The number of hydrogen-bond donors (Lipinski definition) is 0. The second-order valence-corrected chi connectivity index (χ2v) is 36.5. The summed E-state index contributed by atoms with van der Waals surface area (Å²) in [5, 5.41) is 0.0533. The van der Waals surface area contributed by atoms with Crippen LogP contribution < -0.4 is 0 Å². The van der Waals surface area contributed by atoms with E-state index in [4.69, 9.17) is 23.4 Å². The van der Waals surface area contributed by atoms with Crippen molar-refractivity contribution in [3.05, 3.63) is 59.8 Å². The van der Waals surface area contributed by atoms with Gasteiger partial charge in [-0.2, -0.15) is 0 Å². The van der Waals surface area contributed by atoms with E-state index in [0.29, 0.717) is 25.0 Å². The molecule has 0 aromatic carbocycles. The van der Waals surface area contributed by atoms with Crippen LogP contribution in [-0.2, 0) is 33.0 Å². The van der Waals surface area contributed by atoms with Gasteiger partial charge in [0.15, 0.2) is 14.1 Å². The normalized spacial score (nSPS) is 26.3. The van der Waals surface area contributed by atoms with Gasteiger partial charge in [0.25, 0.3) is 0 Å². The number of esters is 2. The molecule has 0 bridgehead atoms. The molecule has 2 fully saturated rings. The van der Waals surface area contributed by atoms with Gasteiger partial charge in [-0.25, -0.2) is 9.59 Å². The van der Waals surface area contributed by atoms with Crippen LogP contribution in [0.15, 0.2) is 59.8 Å². The summed E-state index contributed by atoms with van der Waals surface area (Å²) in [6, 6.07) is 1.92. The highest BCUT2D eigenvalue weighted by Crippen LogP contribution is 2.44. The molecule has 0 saturated carbocycles. The number of hydrogen-bond acceptors (Lipinski definition) is 7. The van der Waals surface area contributed by atoms with Crippen molar-refractivity contribution in [2.75, 3.05) is 13.2 Å². The Bertz CT molecular complexity index is 1390. The highest BCUT2D eigenvalue weighted by Gasteiger charge is 2.46. The maximum absolute atomic E-state index is 12.5. The van der Waals surface area contributed by atoms with Gasteiger partial charge in [0.05, 0.1) is 31.5 Å². The lowest BCUT2D eigenvalue weighted by atomic mass is 9.83. The summed E-state index contributed by atoms with van der Waals surface area (Å²) < 4.78 is 31.6. The number of carbonyl (C=O) groups is 2. The minimum Gasteiger partial charge on any atom is -0.463 e. The summed E-state index contributed by atoms with van der Waals surface area (Å²) in [7, 11) is -4.62. The maximum atomic E-state index is 12.5. The van der Waals surface area contributed by atoms with Crippen molar-refractivity contribution < 1.29 is 33.0 Å².